The van der Waals surface area contributed by atoms with Crippen molar-refractivity contribution in [2.45, 2.75) is 39.3 Å². The fourth-order valence-electron chi connectivity index (χ4n) is 2.71. The first kappa shape index (κ1) is 16.6. The highest BCUT2D eigenvalue weighted by Crippen LogP contribution is 2.19. The van der Waals surface area contributed by atoms with Gasteiger partial charge in [0.15, 0.2) is 0 Å². The third-order valence-electron chi connectivity index (χ3n) is 4.04. The van der Waals surface area contributed by atoms with Crippen molar-refractivity contribution in [1.82, 2.24) is 10.6 Å². The van der Waals surface area contributed by atoms with Crippen LogP contribution in [0.25, 0.3) is 0 Å². The van der Waals surface area contributed by atoms with E-state index in [1.165, 1.54) is 0 Å². The van der Waals surface area contributed by atoms with Crippen LogP contribution >= 0.6 is 0 Å². The Morgan fingerprint density at radius 3 is 2.82 bits per heavy atom. The van der Waals surface area contributed by atoms with Crippen molar-refractivity contribution in [1.29, 1.82) is 0 Å². The summed E-state index contributed by atoms with van der Waals surface area (Å²) >= 11 is 0. The summed E-state index contributed by atoms with van der Waals surface area (Å²) < 4.78 is 10.9. The van der Waals surface area contributed by atoms with Crippen molar-refractivity contribution in [3.05, 3.63) is 29.8 Å². The second-order valence-electron chi connectivity index (χ2n) is 5.61. The van der Waals surface area contributed by atoms with Gasteiger partial charge in [-0.2, -0.15) is 0 Å². The molecule has 0 spiro atoms. The van der Waals surface area contributed by atoms with Crippen molar-refractivity contribution in [3.63, 3.8) is 0 Å². The Labute approximate surface area is 132 Å². The smallest absolute Gasteiger partial charge is 0.315 e. The lowest BCUT2D eigenvalue weighted by Crippen LogP contribution is -2.45. The van der Waals surface area contributed by atoms with Crippen molar-refractivity contribution in [2.75, 3.05) is 19.8 Å². The number of hydrogen-bond donors (Lipinski definition) is 2. The van der Waals surface area contributed by atoms with Gasteiger partial charge in [-0.05, 0) is 38.7 Å². The van der Waals surface area contributed by atoms with Crippen LogP contribution in [0.2, 0.25) is 0 Å². The van der Waals surface area contributed by atoms with E-state index in [0.29, 0.717) is 19.1 Å². The molecular formula is C17H26N2O3. The van der Waals surface area contributed by atoms with Gasteiger partial charge in [-0.15, -0.1) is 0 Å². The molecular weight excluding hydrogens is 280 g/mol. The first-order valence-corrected chi connectivity index (χ1v) is 8.03. The molecule has 2 amide bonds. The summed E-state index contributed by atoms with van der Waals surface area (Å²) in [5.74, 6) is 1.32. The summed E-state index contributed by atoms with van der Waals surface area (Å²) in [5.41, 5.74) is 0.984. The number of hydrogen-bond acceptors (Lipinski definition) is 3. The highest BCUT2D eigenvalue weighted by atomic mass is 16.5. The molecule has 22 heavy (non-hydrogen) atoms. The third-order valence-corrected chi connectivity index (χ3v) is 4.04. The van der Waals surface area contributed by atoms with Crippen LogP contribution in [-0.4, -0.2) is 31.9 Å². The van der Waals surface area contributed by atoms with E-state index in [9.17, 15) is 4.79 Å². The number of amides is 2. The number of benzene rings is 1. The van der Waals surface area contributed by atoms with E-state index >= 15 is 0 Å². The lowest BCUT2D eigenvalue weighted by molar-refractivity contribution is 0.0571. The van der Waals surface area contributed by atoms with Gasteiger partial charge >= 0.3 is 6.03 Å². The number of ether oxygens (including phenoxy) is 2. The molecule has 2 rings (SSSR count). The lowest BCUT2D eigenvalue weighted by Gasteiger charge is -2.28. The molecule has 0 aromatic heterocycles. The molecule has 1 fully saturated rings. The zero-order valence-electron chi connectivity index (χ0n) is 13.4. The van der Waals surface area contributed by atoms with Gasteiger partial charge in [-0.25, -0.2) is 4.79 Å². The SMILES string of the molecule is CCOc1ccccc1CNC(=O)NC(C)C1CCOCC1. The topological polar surface area (TPSA) is 59.6 Å². The summed E-state index contributed by atoms with van der Waals surface area (Å²) in [6.45, 7) is 6.67. The van der Waals surface area contributed by atoms with Crippen LogP contribution in [-0.2, 0) is 11.3 Å². The van der Waals surface area contributed by atoms with Gasteiger partial charge in [0.1, 0.15) is 5.75 Å². The Morgan fingerprint density at radius 1 is 1.36 bits per heavy atom. The number of nitrogens with one attached hydrogen (secondary N) is 2. The summed E-state index contributed by atoms with van der Waals surface area (Å²) in [5, 5.41) is 5.93. The summed E-state index contributed by atoms with van der Waals surface area (Å²) in [7, 11) is 0. The number of para-hydroxylation sites is 1. The van der Waals surface area contributed by atoms with Gasteiger partial charge < -0.3 is 20.1 Å². The van der Waals surface area contributed by atoms with Crippen LogP contribution in [0.4, 0.5) is 4.79 Å². The molecule has 1 aromatic rings. The van der Waals surface area contributed by atoms with Gasteiger partial charge in [-0.1, -0.05) is 18.2 Å². The minimum Gasteiger partial charge on any atom is -0.494 e. The van der Waals surface area contributed by atoms with Crippen molar-refractivity contribution in [2.24, 2.45) is 5.92 Å². The zero-order chi connectivity index (χ0) is 15.8. The van der Waals surface area contributed by atoms with E-state index in [4.69, 9.17) is 9.47 Å². The van der Waals surface area contributed by atoms with Crippen molar-refractivity contribution >= 4 is 6.03 Å². The predicted molar refractivity (Wildman–Crippen MR) is 86.0 cm³/mol. The molecule has 5 nitrogen and oxygen atoms in total. The molecule has 1 saturated heterocycles. The van der Waals surface area contributed by atoms with Crippen LogP contribution < -0.4 is 15.4 Å². The molecule has 1 atom stereocenters. The van der Waals surface area contributed by atoms with E-state index in [2.05, 4.69) is 17.6 Å². The average molecular weight is 306 g/mol. The summed E-state index contributed by atoms with van der Waals surface area (Å²) in [6, 6.07) is 7.79. The van der Waals surface area contributed by atoms with Crippen LogP contribution in [0.15, 0.2) is 24.3 Å². The van der Waals surface area contributed by atoms with E-state index < -0.39 is 0 Å². The number of urea groups is 1. The fourth-order valence-corrected chi connectivity index (χ4v) is 2.71. The monoisotopic (exact) mass is 306 g/mol. The Balaban J connectivity index is 1.80. The Morgan fingerprint density at radius 2 is 2.09 bits per heavy atom. The molecule has 2 N–H and O–H groups in total. The molecule has 0 aliphatic carbocycles. The van der Waals surface area contributed by atoms with Gasteiger partial charge in [0.25, 0.3) is 0 Å². The molecule has 5 heteroatoms. The molecule has 1 aliphatic rings. The highest BCUT2D eigenvalue weighted by molar-refractivity contribution is 5.74. The summed E-state index contributed by atoms with van der Waals surface area (Å²) in [6.07, 6.45) is 2.02. The van der Waals surface area contributed by atoms with Gasteiger partial charge in [0, 0.05) is 31.4 Å². The molecule has 1 aromatic carbocycles. The maximum Gasteiger partial charge on any atom is 0.315 e. The van der Waals surface area contributed by atoms with E-state index in [-0.39, 0.29) is 12.1 Å². The molecule has 1 aliphatic heterocycles. The van der Waals surface area contributed by atoms with Gasteiger partial charge in [0.2, 0.25) is 0 Å². The maximum atomic E-state index is 12.0. The Hall–Kier alpha value is -1.75. The molecule has 1 unspecified atom stereocenters. The standard InChI is InChI=1S/C17H26N2O3/c1-3-22-16-7-5-4-6-15(16)12-18-17(20)19-13(2)14-8-10-21-11-9-14/h4-7,13-14H,3,8-12H2,1-2H3,(H2,18,19,20). The minimum atomic E-state index is -0.134. The molecule has 122 valence electrons. The maximum absolute atomic E-state index is 12.0. The third kappa shape index (κ3) is 4.91. The van der Waals surface area contributed by atoms with Crippen LogP contribution in [0.1, 0.15) is 32.3 Å². The van der Waals surface area contributed by atoms with Crippen molar-refractivity contribution in [3.8, 4) is 5.75 Å². The van der Waals surface area contributed by atoms with Gasteiger partial charge in [0.05, 0.1) is 6.61 Å². The van der Waals surface area contributed by atoms with E-state index in [0.717, 1.165) is 37.4 Å². The van der Waals surface area contributed by atoms with E-state index in [1.807, 2.05) is 31.2 Å². The largest absolute Gasteiger partial charge is 0.494 e. The van der Waals surface area contributed by atoms with Crippen LogP contribution in [0.3, 0.4) is 0 Å². The Bertz CT molecular complexity index is 473. The number of carbonyl (C=O) groups is 1. The van der Waals surface area contributed by atoms with Crippen LogP contribution in [0.5, 0.6) is 5.75 Å². The lowest BCUT2D eigenvalue weighted by atomic mass is 9.93. The number of rotatable bonds is 6. The molecule has 1 heterocycles. The molecule has 0 saturated carbocycles. The average Bonchev–Trinajstić information content (AvgIpc) is 2.55. The van der Waals surface area contributed by atoms with Gasteiger partial charge in [-0.3, -0.25) is 0 Å². The second kappa shape index (κ2) is 8.63. The zero-order valence-corrected chi connectivity index (χ0v) is 13.4. The first-order valence-electron chi connectivity index (χ1n) is 8.03. The minimum absolute atomic E-state index is 0.134. The first-order chi connectivity index (χ1) is 10.7. The Kier molecular flexibility index (Phi) is 6.52. The van der Waals surface area contributed by atoms with Crippen LogP contribution in [0, 0.1) is 5.92 Å². The normalized spacial score (nSPS) is 16.8. The van der Waals surface area contributed by atoms with E-state index in [1.54, 1.807) is 0 Å². The quantitative estimate of drug-likeness (QED) is 0.849. The molecule has 0 bridgehead atoms. The fraction of sp³-hybridized carbons (Fsp3) is 0.588. The second-order valence-corrected chi connectivity index (χ2v) is 5.61. The number of carbonyl (C=O) groups excluding carboxylic acids is 1. The molecule has 0 radical (unpaired) electrons. The highest BCUT2D eigenvalue weighted by Gasteiger charge is 2.21. The van der Waals surface area contributed by atoms with Crippen molar-refractivity contribution < 1.29 is 14.3 Å². The summed E-state index contributed by atoms with van der Waals surface area (Å²) in [4.78, 5) is 12.0. The predicted octanol–water partition coefficient (Wildman–Crippen LogP) is 2.70.